The Morgan fingerprint density at radius 1 is 0.929 bits per heavy atom. The first kappa shape index (κ1) is 21.4. The average Bonchev–Trinajstić information content (AvgIpc) is 3.37. The van der Waals surface area contributed by atoms with Crippen LogP contribution >= 0.6 is 34.0 Å². The van der Waals surface area contributed by atoms with Gasteiger partial charge < -0.3 is 0 Å². The molecule has 7 heteroatoms. The maximum Gasteiger partial charge on any atom is 0.157 e. The summed E-state index contributed by atoms with van der Waals surface area (Å²) < 4.78 is 23.3. The first-order valence-electron chi connectivity index (χ1n) is 9.26. The Morgan fingerprint density at radius 2 is 1.61 bits per heavy atom. The SMILES string of the molecule is CC(=O)C(CCCCCc1ccc(-c2ccc(-c3cccs3)s2)s1)S(C)(=O)=O. The highest BCUT2D eigenvalue weighted by molar-refractivity contribution is 7.92. The van der Waals surface area contributed by atoms with Crippen LogP contribution in [0, 0.1) is 0 Å². The molecule has 0 aliphatic carbocycles. The van der Waals surface area contributed by atoms with Crippen LogP contribution in [-0.2, 0) is 21.1 Å². The van der Waals surface area contributed by atoms with Gasteiger partial charge in [0.1, 0.15) is 11.0 Å². The van der Waals surface area contributed by atoms with E-state index in [0.717, 1.165) is 31.9 Å². The summed E-state index contributed by atoms with van der Waals surface area (Å²) in [6.45, 7) is 1.37. The summed E-state index contributed by atoms with van der Waals surface area (Å²) in [4.78, 5) is 18.1. The van der Waals surface area contributed by atoms with Gasteiger partial charge in [0.2, 0.25) is 0 Å². The van der Waals surface area contributed by atoms with Gasteiger partial charge in [-0.05, 0) is 61.9 Å². The molecule has 0 aromatic carbocycles. The normalized spacial score (nSPS) is 12.9. The monoisotopic (exact) mass is 452 g/mol. The number of rotatable bonds is 10. The molecule has 0 radical (unpaired) electrons. The van der Waals surface area contributed by atoms with Crippen molar-refractivity contribution in [1.29, 1.82) is 0 Å². The Labute approximate surface area is 179 Å². The van der Waals surface area contributed by atoms with Gasteiger partial charge in [0.05, 0.1) is 0 Å². The third-order valence-corrected chi connectivity index (χ3v) is 9.73. The van der Waals surface area contributed by atoms with E-state index in [1.807, 2.05) is 22.7 Å². The van der Waals surface area contributed by atoms with Crippen LogP contribution in [0.5, 0.6) is 0 Å². The highest BCUT2D eigenvalue weighted by atomic mass is 32.2. The molecule has 0 amide bonds. The molecule has 0 aliphatic rings. The van der Waals surface area contributed by atoms with Gasteiger partial charge in [0.25, 0.3) is 0 Å². The van der Waals surface area contributed by atoms with Gasteiger partial charge >= 0.3 is 0 Å². The molecule has 0 N–H and O–H groups in total. The van der Waals surface area contributed by atoms with Crippen molar-refractivity contribution in [2.75, 3.05) is 6.26 Å². The van der Waals surface area contributed by atoms with E-state index in [4.69, 9.17) is 0 Å². The lowest BCUT2D eigenvalue weighted by molar-refractivity contribution is -0.116. The van der Waals surface area contributed by atoms with Crippen LogP contribution in [0.2, 0.25) is 0 Å². The lowest BCUT2D eigenvalue weighted by Crippen LogP contribution is -2.27. The Morgan fingerprint density at radius 3 is 2.25 bits per heavy atom. The van der Waals surface area contributed by atoms with Crippen molar-refractivity contribution >= 4 is 49.6 Å². The van der Waals surface area contributed by atoms with Gasteiger partial charge in [0, 0.05) is 30.6 Å². The van der Waals surface area contributed by atoms with Crippen LogP contribution in [-0.4, -0.2) is 25.7 Å². The summed E-state index contributed by atoms with van der Waals surface area (Å²) in [6.07, 6.45) is 5.31. The number of sulfone groups is 1. The molecule has 0 saturated heterocycles. The molecule has 3 rings (SSSR count). The molecule has 0 spiro atoms. The number of carbonyl (C=O) groups excluding carboxylic acids is 1. The Kier molecular flexibility index (Phi) is 7.25. The van der Waals surface area contributed by atoms with Crippen LogP contribution < -0.4 is 0 Å². The number of carbonyl (C=O) groups is 1. The molecule has 3 nitrogen and oxygen atoms in total. The second-order valence-corrected chi connectivity index (χ2v) is 12.4. The quantitative estimate of drug-likeness (QED) is 0.339. The van der Waals surface area contributed by atoms with Crippen molar-refractivity contribution in [2.45, 2.75) is 44.3 Å². The summed E-state index contributed by atoms with van der Waals surface area (Å²) in [6, 6.07) is 13.0. The van der Waals surface area contributed by atoms with Crippen LogP contribution in [0.1, 0.15) is 37.5 Å². The largest absolute Gasteiger partial charge is 0.299 e. The second kappa shape index (κ2) is 9.48. The summed E-state index contributed by atoms with van der Waals surface area (Å²) in [7, 11) is -3.29. The molecule has 1 atom stereocenters. The molecule has 0 aliphatic heterocycles. The molecule has 28 heavy (non-hydrogen) atoms. The molecular weight excluding hydrogens is 428 g/mol. The first-order valence-corrected chi connectivity index (χ1v) is 13.7. The maximum atomic E-state index is 11.7. The van der Waals surface area contributed by atoms with Crippen molar-refractivity contribution < 1.29 is 13.2 Å². The van der Waals surface area contributed by atoms with Gasteiger partial charge in [-0.25, -0.2) is 8.42 Å². The van der Waals surface area contributed by atoms with E-state index in [2.05, 4.69) is 41.8 Å². The Hall–Kier alpha value is -1.28. The Balaban J connectivity index is 1.48. The third kappa shape index (κ3) is 5.63. The van der Waals surface area contributed by atoms with Gasteiger partial charge in [0.15, 0.2) is 9.84 Å². The minimum absolute atomic E-state index is 0.247. The minimum atomic E-state index is -3.29. The number of hydrogen-bond donors (Lipinski definition) is 0. The minimum Gasteiger partial charge on any atom is -0.299 e. The lowest BCUT2D eigenvalue weighted by atomic mass is 10.1. The van der Waals surface area contributed by atoms with Crippen LogP contribution in [0.25, 0.3) is 19.5 Å². The van der Waals surface area contributed by atoms with Gasteiger partial charge in [-0.1, -0.05) is 18.9 Å². The van der Waals surface area contributed by atoms with E-state index >= 15 is 0 Å². The predicted molar refractivity (Wildman–Crippen MR) is 122 cm³/mol. The molecule has 3 heterocycles. The van der Waals surface area contributed by atoms with Crippen molar-refractivity contribution in [1.82, 2.24) is 0 Å². The molecule has 1 unspecified atom stereocenters. The predicted octanol–water partition coefficient (Wildman–Crippen LogP) is 6.31. The van der Waals surface area contributed by atoms with Gasteiger partial charge in [-0.2, -0.15) is 0 Å². The fourth-order valence-corrected chi connectivity index (χ4v) is 7.37. The summed E-state index contributed by atoms with van der Waals surface area (Å²) in [5.74, 6) is -0.247. The van der Waals surface area contributed by atoms with E-state index in [1.54, 1.807) is 11.3 Å². The molecule has 0 fully saturated rings. The zero-order chi connectivity index (χ0) is 20.1. The molecule has 3 aromatic rings. The van der Waals surface area contributed by atoms with Crippen molar-refractivity contribution in [3.63, 3.8) is 0 Å². The van der Waals surface area contributed by atoms with Gasteiger partial charge in [-0.3, -0.25) is 4.79 Å². The molecular formula is C21H24O3S4. The number of hydrogen-bond acceptors (Lipinski definition) is 6. The molecule has 150 valence electrons. The number of Topliss-reactive ketones (excluding diaryl/α,β-unsaturated/α-hetero) is 1. The lowest BCUT2D eigenvalue weighted by Gasteiger charge is -2.11. The number of unbranched alkanes of at least 4 members (excludes halogenated alkanes) is 2. The molecule has 0 saturated carbocycles. The van der Waals surface area contributed by atoms with Crippen molar-refractivity contribution in [3.8, 4) is 19.5 Å². The summed E-state index contributed by atoms with van der Waals surface area (Å²) in [5, 5.41) is 1.27. The van der Waals surface area contributed by atoms with Crippen LogP contribution in [0.3, 0.4) is 0 Å². The third-order valence-electron chi connectivity index (χ3n) is 4.63. The van der Waals surface area contributed by atoms with Crippen molar-refractivity contribution in [3.05, 3.63) is 46.7 Å². The van der Waals surface area contributed by atoms with Crippen LogP contribution in [0.15, 0.2) is 41.8 Å². The zero-order valence-corrected chi connectivity index (χ0v) is 19.3. The second-order valence-electron chi connectivity index (χ2n) is 6.94. The Bertz CT molecular complexity index is 1010. The summed E-state index contributed by atoms with van der Waals surface area (Å²) >= 11 is 5.43. The number of aryl methyl sites for hydroxylation is 1. The molecule has 0 bridgehead atoms. The van der Waals surface area contributed by atoms with Crippen molar-refractivity contribution in [2.24, 2.45) is 0 Å². The van der Waals surface area contributed by atoms with Gasteiger partial charge in [-0.15, -0.1) is 34.0 Å². The van der Waals surface area contributed by atoms with E-state index in [9.17, 15) is 13.2 Å². The number of ketones is 1. The first-order chi connectivity index (χ1) is 13.3. The standard InChI is InChI=1S/C21H24O3S4/c1-15(22)21(28(2,23)24)9-5-3-4-7-16-10-11-19(26-16)20-13-12-18(27-20)17-8-6-14-25-17/h6,8,10-14,21H,3-5,7,9H2,1-2H3. The maximum absolute atomic E-state index is 11.7. The van der Waals surface area contributed by atoms with E-state index in [0.29, 0.717) is 6.42 Å². The summed E-state index contributed by atoms with van der Waals surface area (Å²) in [5.41, 5.74) is 0. The van der Waals surface area contributed by atoms with E-state index in [-0.39, 0.29) is 5.78 Å². The highest BCUT2D eigenvalue weighted by Crippen LogP contribution is 2.39. The topological polar surface area (TPSA) is 51.2 Å². The van der Waals surface area contributed by atoms with E-state index < -0.39 is 15.1 Å². The average molecular weight is 453 g/mol. The molecule has 3 aromatic heterocycles. The number of thiophene rings is 3. The highest BCUT2D eigenvalue weighted by Gasteiger charge is 2.24. The zero-order valence-electron chi connectivity index (χ0n) is 16.0. The smallest absolute Gasteiger partial charge is 0.157 e. The fourth-order valence-electron chi connectivity index (χ4n) is 3.19. The van der Waals surface area contributed by atoms with Crippen LogP contribution in [0.4, 0.5) is 0 Å². The van der Waals surface area contributed by atoms with E-state index in [1.165, 1.54) is 31.3 Å². The fraction of sp³-hybridized carbons (Fsp3) is 0.381.